The quantitative estimate of drug-likeness (QED) is 0.822. The van der Waals surface area contributed by atoms with E-state index in [1.165, 1.54) is 12.8 Å². The summed E-state index contributed by atoms with van der Waals surface area (Å²) < 4.78 is 2.29. The highest BCUT2D eigenvalue weighted by Gasteiger charge is 2.25. The van der Waals surface area contributed by atoms with E-state index in [4.69, 9.17) is 12.2 Å². The van der Waals surface area contributed by atoms with E-state index >= 15 is 0 Å². The maximum Gasteiger partial charge on any atom is 0.243 e. The molecule has 2 aromatic rings. The number of carbonyl (C=O) groups is 1. The van der Waals surface area contributed by atoms with Crippen LogP contribution in [-0.4, -0.2) is 26.7 Å². The number of rotatable bonds is 4. The molecule has 2 aromatic heterocycles. The van der Waals surface area contributed by atoms with Crippen LogP contribution in [0.25, 0.3) is 10.7 Å². The lowest BCUT2D eigenvalue weighted by Gasteiger charge is -2.28. The highest BCUT2D eigenvalue weighted by Crippen LogP contribution is 2.27. The van der Waals surface area contributed by atoms with Gasteiger partial charge in [0, 0.05) is 6.04 Å². The Bertz CT molecular complexity index is 719. The van der Waals surface area contributed by atoms with Crippen molar-refractivity contribution in [1.82, 2.24) is 20.1 Å². The fourth-order valence-corrected chi connectivity index (χ4v) is 4.25. The van der Waals surface area contributed by atoms with Crippen molar-refractivity contribution in [3.05, 3.63) is 22.3 Å². The molecule has 0 bridgehead atoms. The molecule has 0 spiro atoms. The first kappa shape index (κ1) is 16.4. The molecule has 2 heterocycles. The van der Waals surface area contributed by atoms with Crippen molar-refractivity contribution in [3.63, 3.8) is 0 Å². The SMILES string of the molecule is C[C@@H]1CCC[C@@H](NC(=O)[C@H](C)n2c(-c3cccs3)n[nH]c2=S)C1. The fourth-order valence-electron chi connectivity index (χ4n) is 3.25. The molecule has 1 amide bonds. The van der Waals surface area contributed by atoms with Crippen LogP contribution in [0.1, 0.15) is 45.6 Å². The molecule has 3 atom stereocenters. The molecule has 0 aliphatic heterocycles. The summed E-state index contributed by atoms with van der Waals surface area (Å²) in [5, 5.41) is 12.3. The van der Waals surface area contributed by atoms with E-state index in [-0.39, 0.29) is 18.0 Å². The number of amides is 1. The van der Waals surface area contributed by atoms with Gasteiger partial charge in [-0.3, -0.25) is 14.5 Å². The molecule has 7 heteroatoms. The van der Waals surface area contributed by atoms with Crippen LogP contribution in [0.3, 0.4) is 0 Å². The number of nitrogens with one attached hydrogen (secondary N) is 2. The summed E-state index contributed by atoms with van der Waals surface area (Å²) in [6, 6.07) is 3.85. The molecule has 3 rings (SSSR count). The van der Waals surface area contributed by atoms with Gasteiger partial charge in [-0.25, -0.2) is 0 Å². The number of thiophene rings is 1. The van der Waals surface area contributed by atoms with Gasteiger partial charge in [-0.2, -0.15) is 5.10 Å². The van der Waals surface area contributed by atoms with Crippen LogP contribution >= 0.6 is 23.6 Å². The molecule has 0 radical (unpaired) electrons. The van der Waals surface area contributed by atoms with Crippen LogP contribution in [0.15, 0.2) is 17.5 Å². The molecule has 1 saturated carbocycles. The van der Waals surface area contributed by atoms with Gasteiger partial charge >= 0.3 is 0 Å². The topological polar surface area (TPSA) is 62.7 Å². The Morgan fingerprint density at radius 2 is 2.39 bits per heavy atom. The number of hydrogen-bond acceptors (Lipinski definition) is 4. The Labute approximate surface area is 145 Å². The number of nitrogens with zero attached hydrogens (tertiary/aromatic N) is 2. The second-order valence-electron chi connectivity index (χ2n) is 6.35. The summed E-state index contributed by atoms with van der Waals surface area (Å²) in [5.74, 6) is 1.42. The fraction of sp³-hybridized carbons (Fsp3) is 0.562. The Morgan fingerprint density at radius 3 is 3.09 bits per heavy atom. The summed E-state index contributed by atoms with van der Waals surface area (Å²) in [4.78, 5) is 13.7. The van der Waals surface area contributed by atoms with Gasteiger partial charge in [0.1, 0.15) is 6.04 Å². The van der Waals surface area contributed by atoms with Gasteiger partial charge in [0.25, 0.3) is 0 Å². The zero-order valence-corrected chi connectivity index (χ0v) is 15.0. The number of aromatic amines is 1. The van der Waals surface area contributed by atoms with Crippen LogP contribution < -0.4 is 5.32 Å². The Kier molecular flexibility index (Phi) is 4.96. The minimum atomic E-state index is -0.379. The first-order chi connectivity index (χ1) is 11.1. The summed E-state index contributed by atoms with van der Waals surface area (Å²) in [5.41, 5.74) is 0. The number of H-pyrrole nitrogens is 1. The number of carbonyl (C=O) groups excluding carboxylic acids is 1. The van der Waals surface area contributed by atoms with Crippen molar-refractivity contribution in [3.8, 4) is 10.7 Å². The first-order valence-corrected chi connectivity index (χ1v) is 9.36. The second kappa shape index (κ2) is 6.97. The van der Waals surface area contributed by atoms with E-state index in [0.29, 0.717) is 10.7 Å². The third kappa shape index (κ3) is 3.55. The van der Waals surface area contributed by atoms with Gasteiger partial charge in [-0.05, 0) is 49.3 Å². The molecule has 0 saturated heterocycles. The van der Waals surface area contributed by atoms with Crippen molar-refractivity contribution in [2.75, 3.05) is 0 Å². The van der Waals surface area contributed by atoms with Crippen LogP contribution in [0.2, 0.25) is 0 Å². The van der Waals surface area contributed by atoms with Gasteiger partial charge in [0.15, 0.2) is 10.6 Å². The molecule has 5 nitrogen and oxygen atoms in total. The lowest BCUT2D eigenvalue weighted by atomic mass is 9.87. The lowest BCUT2D eigenvalue weighted by molar-refractivity contribution is -0.124. The second-order valence-corrected chi connectivity index (χ2v) is 7.69. The number of aromatic nitrogens is 3. The monoisotopic (exact) mass is 350 g/mol. The summed E-state index contributed by atoms with van der Waals surface area (Å²) in [6.45, 7) is 4.13. The molecule has 23 heavy (non-hydrogen) atoms. The van der Waals surface area contributed by atoms with Crippen molar-refractivity contribution in [2.24, 2.45) is 5.92 Å². The Hall–Kier alpha value is -1.47. The third-order valence-corrected chi connectivity index (χ3v) is 5.65. The Morgan fingerprint density at radius 1 is 1.57 bits per heavy atom. The van der Waals surface area contributed by atoms with E-state index in [9.17, 15) is 4.79 Å². The molecule has 2 N–H and O–H groups in total. The molecular weight excluding hydrogens is 328 g/mol. The minimum Gasteiger partial charge on any atom is -0.352 e. The van der Waals surface area contributed by atoms with Crippen molar-refractivity contribution in [2.45, 2.75) is 51.6 Å². The third-order valence-electron chi connectivity index (χ3n) is 4.50. The molecule has 0 unspecified atom stereocenters. The van der Waals surface area contributed by atoms with Gasteiger partial charge in [0.05, 0.1) is 4.88 Å². The maximum absolute atomic E-state index is 12.7. The average molecular weight is 351 g/mol. The normalized spacial score (nSPS) is 22.7. The number of hydrogen-bond donors (Lipinski definition) is 2. The molecule has 1 aliphatic rings. The van der Waals surface area contributed by atoms with E-state index < -0.39 is 0 Å². The van der Waals surface area contributed by atoms with Crippen LogP contribution in [0.4, 0.5) is 0 Å². The van der Waals surface area contributed by atoms with Gasteiger partial charge in [-0.15, -0.1) is 11.3 Å². The van der Waals surface area contributed by atoms with Gasteiger partial charge in [-0.1, -0.05) is 25.8 Å². The molecular formula is C16H22N4OS2. The summed E-state index contributed by atoms with van der Waals surface area (Å²) in [7, 11) is 0. The van der Waals surface area contributed by atoms with Crippen molar-refractivity contribution < 1.29 is 4.79 Å². The maximum atomic E-state index is 12.7. The van der Waals surface area contributed by atoms with Crippen LogP contribution in [-0.2, 0) is 4.79 Å². The minimum absolute atomic E-state index is 0.0133. The van der Waals surface area contributed by atoms with E-state index in [0.717, 1.165) is 23.5 Å². The van der Waals surface area contributed by atoms with E-state index in [1.54, 1.807) is 11.3 Å². The summed E-state index contributed by atoms with van der Waals surface area (Å²) >= 11 is 6.92. The van der Waals surface area contributed by atoms with Gasteiger partial charge in [0.2, 0.25) is 5.91 Å². The predicted octanol–water partition coefficient (Wildman–Crippen LogP) is 3.93. The predicted molar refractivity (Wildman–Crippen MR) is 95.0 cm³/mol. The molecule has 1 fully saturated rings. The van der Waals surface area contributed by atoms with Crippen molar-refractivity contribution in [1.29, 1.82) is 0 Å². The van der Waals surface area contributed by atoms with Crippen molar-refractivity contribution >= 4 is 29.5 Å². The van der Waals surface area contributed by atoms with Crippen LogP contribution in [0, 0.1) is 10.7 Å². The molecule has 124 valence electrons. The van der Waals surface area contributed by atoms with Gasteiger partial charge < -0.3 is 5.32 Å². The lowest BCUT2D eigenvalue weighted by Crippen LogP contribution is -2.41. The zero-order chi connectivity index (χ0) is 16.4. The summed E-state index contributed by atoms with van der Waals surface area (Å²) in [6.07, 6.45) is 4.58. The van der Waals surface area contributed by atoms with Crippen LogP contribution in [0.5, 0.6) is 0 Å². The highest BCUT2D eigenvalue weighted by atomic mass is 32.1. The van der Waals surface area contributed by atoms with E-state index in [1.807, 2.05) is 29.0 Å². The molecule has 1 aliphatic carbocycles. The highest BCUT2D eigenvalue weighted by molar-refractivity contribution is 7.71. The smallest absolute Gasteiger partial charge is 0.243 e. The van der Waals surface area contributed by atoms with E-state index in [2.05, 4.69) is 22.4 Å². The average Bonchev–Trinajstić information content (AvgIpc) is 3.15. The Balaban J connectivity index is 1.77. The molecule has 0 aromatic carbocycles. The standard InChI is InChI=1S/C16H22N4OS2/c1-10-5-3-6-12(9-10)17-15(21)11(2)20-14(18-19-16(20)22)13-7-4-8-23-13/h4,7-8,10-12H,3,5-6,9H2,1-2H3,(H,17,21)(H,19,22)/t10-,11+,12-/m1/s1. The largest absolute Gasteiger partial charge is 0.352 e. The first-order valence-electron chi connectivity index (χ1n) is 8.07. The zero-order valence-electron chi connectivity index (χ0n) is 13.4.